The Kier molecular flexibility index (Phi) is 8.87. The molecule has 2 aromatic rings. The molecule has 0 spiro atoms. The van der Waals surface area contributed by atoms with Gasteiger partial charge in [-0.25, -0.2) is 0 Å². The fourth-order valence-corrected chi connectivity index (χ4v) is 2.55. The van der Waals surface area contributed by atoms with Gasteiger partial charge in [-0.3, -0.25) is 9.59 Å². The van der Waals surface area contributed by atoms with E-state index in [-0.39, 0.29) is 16.8 Å². The second-order valence-corrected chi connectivity index (χ2v) is 6.61. The summed E-state index contributed by atoms with van der Waals surface area (Å²) in [6, 6.07) is 6.78. The zero-order valence-electron chi connectivity index (χ0n) is 17.3. The van der Waals surface area contributed by atoms with Crippen LogP contribution in [0.3, 0.4) is 0 Å². The third kappa shape index (κ3) is 8.64. The zero-order valence-corrected chi connectivity index (χ0v) is 17.3. The molecule has 6 nitrogen and oxygen atoms in total. The molecule has 184 valence electrons. The van der Waals surface area contributed by atoms with E-state index in [1.54, 1.807) is 12.2 Å². The van der Waals surface area contributed by atoms with Gasteiger partial charge in [-0.05, 0) is 42.8 Å². The number of hydrogen-bond acceptors (Lipinski definition) is 4. The molecule has 0 saturated carbocycles. The van der Waals surface area contributed by atoms with Gasteiger partial charge in [0, 0.05) is 29.0 Å². The minimum absolute atomic E-state index is 0.0610. The first-order valence-corrected chi connectivity index (χ1v) is 9.32. The lowest BCUT2D eigenvalue weighted by Gasteiger charge is -2.12. The van der Waals surface area contributed by atoms with E-state index in [2.05, 4.69) is 14.8 Å². The maximum Gasteiger partial charge on any atom is 0.405 e. The van der Waals surface area contributed by atoms with Gasteiger partial charge in [-0.1, -0.05) is 6.07 Å². The van der Waals surface area contributed by atoms with Gasteiger partial charge in [0.2, 0.25) is 5.91 Å². The van der Waals surface area contributed by atoms with Crippen molar-refractivity contribution in [1.82, 2.24) is 5.32 Å². The highest BCUT2D eigenvalue weighted by Gasteiger charge is 2.28. The molecule has 0 aliphatic carbocycles. The topological polar surface area (TPSA) is 76.7 Å². The minimum atomic E-state index is -4.60. The lowest BCUT2D eigenvalue weighted by molar-refractivity contribution is -0.123. The number of aryl methyl sites for hydroxylation is 1. The molecule has 0 atom stereocenters. The molecule has 0 saturated heterocycles. The maximum absolute atomic E-state index is 12.6. The molecule has 2 amide bonds. The van der Waals surface area contributed by atoms with Crippen molar-refractivity contribution in [3.8, 4) is 11.5 Å². The summed E-state index contributed by atoms with van der Waals surface area (Å²) in [4.78, 5) is 24.2. The van der Waals surface area contributed by atoms with Crippen LogP contribution >= 0.6 is 0 Å². The minimum Gasteiger partial charge on any atom is -0.435 e. The Morgan fingerprint density at radius 3 is 2.29 bits per heavy atom. The number of ether oxygens (including phenoxy) is 2. The molecule has 34 heavy (non-hydrogen) atoms. The molecule has 0 radical (unpaired) electrons. The number of rotatable bonds is 9. The SMILES string of the molecule is Cc1ccc(C(=O)NCC(F)(F)F)cc1NC(=O)/C=C/c1ccc(OC(F)F)cc1OC(F)F. The Morgan fingerprint density at radius 1 is 1.00 bits per heavy atom. The average Bonchev–Trinajstić information content (AvgIpc) is 2.71. The molecule has 0 aliphatic rings. The van der Waals surface area contributed by atoms with Crippen LogP contribution in [0.1, 0.15) is 21.5 Å². The first-order valence-electron chi connectivity index (χ1n) is 9.32. The maximum atomic E-state index is 12.6. The van der Waals surface area contributed by atoms with Crippen molar-refractivity contribution >= 4 is 23.6 Å². The van der Waals surface area contributed by atoms with Crippen LogP contribution in [0.15, 0.2) is 42.5 Å². The van der Waals surface area contributed by atoms with Crippen LogP contribution in [0.25, 0.3) is 6.08 Å². The van der Waals surface area contributed by atoms with Crippen molar-refractivity contribution in [3.63, 3.8) is 0 Å². The molecule has 0 unspecified atom stereocenters. The van der Waals surface area contributed by atoms with Crippen LogP contribution < -0.4 is 20.1 Å². The number of halogens is 7. The quantitative estimate of drug-likeness (QED) is 0.374. The third-order valence-corrected chi connectivity index (χ3v) is 4.05. The Morgan fingerprint density at radius 2 is 1.68 bits per heavy atom. The summed E-state index contributed by atoms with van der Waals surface area (Å²) in [5, 5.41) is 4.11. The summed E-state index contributed by atoms with van der Waals surface area (Å²) >= 11 is 0. The van der Waals surface area contributed by atoms with Gasteiger partial charge in [-0.2, -0.15) is 30.7 Å². The second kappa shape index (κ2) is 11.4. The smallest absolute Gasteiger partial charge is 0.405 e. The van der Waals surface area contributed by atoms with Crippen LogP contribution in [0.5, 0.6) is 11.5 Å². The first-order chi connectivity index (χ1) is 15.8. The third-order valence-electron chi connectivity index (χ3n) is 4.05. The molecule has 0 aliphatic heterocycles. The molecule has 0 aromatic heterocycles. The largest absolute Gasteiger partial charge is 0.435 e. The van der Waals surface area contributed by atoms with Crippen molar-refractivity contribution in [2.45, 2.75) is 26.3 Å². The van der Waals surface area contributed by atoms with Crippen LogP contribution in [0.4, 0.5) is 36.4 Å². The summed E-state index contributed by atoms with van der Waals surface area (Å²) in [5.41, 5.74) is 0.383. The molecule has 0 fully saturated rings. The number of carbonyl (C=O) groups is 2. The summed E-state index contributed by atoms with van der Waals surface area (Å²) in [6.45, 7) is -6.45. The number of anilines is 1. The molecule has 2 rings (SSSR count). The average molecular weight is 494 g/mol. The van der Waals surface area contributed by atoms with E-state index in [1.807, 2.05) is 0 Å². The molecule has 13 heteroatoms. The van der Waals surface area contributed by atoms with Crippen LogP contribution in [-0.4, -0.2) is 37.8 Å². The van der Waals surface area contributed by atoms with Gasteiger partial charge < -0.3 is 20.1 Å². The molecular formula is C21H17F7N2O4. The van der Waals surface area contributed by atoms with E-state index in [0.29, 0.717) is 5.56 Å². The van der Waals surface area contributed by atoms with E-state index in [9.17, 15) is 40.3 Å². The highest BCUT2D eigenvalue weighted by molar-refractivity contribution is 6.03. The molecule has 2 N–H and O–H groups in total. The van der Waals surface area contributed by atoms with Crippen LogP contribution in [-0.2, 0) is 4.79 Å². The number of hydrogen-bond donors (Lipinski definition) is 2. The van der Waals surface area contributed by atoms with Crippen LogP contribution in [0, 0.1) is 6.92 Å². The highest BCUT2D eigenvalue weighted by Crippen LogP contribution is 2.28. The second-order valence-electron chi connectivity index (χ2n) is 6.61. The Labute approximate surface area is 188 Å². The Bertz CT molecular complexity index is 1060. The van der Waals surface area contributed by atoms with Gasteiger partial charge in [0.15, 0.2) is 0 Å². The summed E-state index contributed by atoms with van der Waals surface area (Å²) in [5.74, 6) is -2.77. The van der Waals surface area contributed by atoms with E-state index >= 15 is 0 Å². The number of benzene rings is 2. The predicted molar refractivity (Wildman–Crippen MR) is 107 cm³/mol. The van der Waals surface area contributed by atoms with Crippen molar-refractivity contribution in [1.29, 1.82) is 0 Å². The van der Waals surface area contributed by atoms with E-state index in [0.717, 1.165) is 36.4 Å². The number of alkyl halides is 7. The van der Waals surface area contributed by atoms with Crippen molar-refractivity contribution in [2.75, 3.05) is 11.9 Å². The molecular weight excluding hydrogens is 477 g/mol. The number of nitrogens with one attached hydrogen (secondary N) is 2. The summed E-state index contributed by atoms with van der Waals surface area (Å²) in [6.07, 6.45) is -2.62. The fourth-order valence-electron chi connectivity index (χ4n) is 2.55. The molecule has 0 heterocycles. The van der Waals surface area contributed by atoms with Gasteiger partial charge in [0.1, 0.15) is 18.0 Å². The molecule has 2 aromatic carbocycles. The highest BCUT2D eigenvalue weighted by atomic mass is 19.4. The monoisotopic (exact) mass is 494 g/mol. The van der Waals surface area contributed by atoms with Crippen molar-refractivity contribution in [2.24, 2.45) is 0 Å². The number of amides is 2. The van der Waals surface area contributed by atoms with Gasteiger partial charge >= 0.3 is 19.4 Å². The van der Waals surface area contributed by atoms with E-state index < -0.39 is 49.3 Å². The Balaban J connectivity index is 2.16. The standard InChI is InChI=1S/C21H17F7N2O4/c1-11-2-3-13(18(32)29-10-21(26,27)28)8-15(11)30-17(31)7-5-12-4-6-14(33-19(22)23)9-16(12)34-20(24)25/h2-9,19-20H,10H2,1H3,(H,29,32)(H,30,31)/b7-5+. The van der Waals surface area contributed by atoms with Gasteiger partial charge in [0.25, 0.3) is 5.91 Å². The molecule has 0 bridgehead atoms. The van der Waals surface area contributed by atoms with E-state index in [1.165, 1.54) is 12.1 Å². The van der Waals surface area contributed by atoms with Gasteiger partial charge in [0.05, 0.1) is 0 Å². The van der Waals surface area contributed by atoms with Crippen molar-refractivity contribution in [3.05, 3.63) is 59.2 Å². The number of carbonyl (C=O) groups excluding carboxylic acids is 2. The summed E-state index contributed by atoms with van der Waals surface area (Å²) in [7, 11) is 0. The normalized spacial score (nSPS) is 11.7. The lowest BCUT2D eigenvalue weighted by atomic mass is 10.1. The van der Waals surface area contributed by atoms with Gasteiger partial charge in [-0.15, -0.1) is 0 Å². The summed E-state index contributed by atoms with van der Waals surface area (Å²) < 4.78 is 95.1. The Hall–Kier alpha value is -3.77. The fraction of sp³-hybridized carbons (Fsp3) is 0.238. The van der Waals surface area contributed by atoms with Crippen LogP contribution in [0.2, 0.25) is 0 Å². The predicted octanol–water partition coefficient (Wildman–Crippen LogP) is 5.14. The first kappa shape index (κ1) is 26.5. The zero-order chi connectivity index (χ0) is 25.5. The van der Waals surface area contributed by atoms with E-state index in [4.69, 9.17) is 0 Å². The lowest BCUT2D eigenvalue weighted by Crippen LogP contribution is -2.33. The van der Waals surface area contributed by atoms with Crippen molar-refractivity contribution < 1.29 is 49.8 Å².